The maximum atomic E-state index is 6.13. The van der Waals surface area contributed by atoms with Gasteiger partial charge in [-0.15, -0.1) is 0 Å². The molecule has 2 rings (SSSR count). The minimum atomic E-state index is 0.280. The molecule has 0 radical (unpaired) electrons. The summed E-state index contributed by atoms with van der Waals surface area (Å²) in [5.74, 6) is 6.36. The Morgan fingerprint density at radius 2 is 2.05 bits per heavy atom. The van der Waals surface area contributed by atoms with Crippen molar-refractivity contribution in [2.24, 2.45) is 10.9 Å². The molecule has 0 aliphatic rings. The van der Waals surface area contributed by atoms with Crippen molar-refractivity contribution in [2.75, 3.05) is 7.11 Å². The van der Waals surface area contributed by atoms with Crippen LogP contribution in [0.1, 0.15) is 11.1 Å². The topological polar surface area (TPSA) is 56.8 Å². The molecule has 110 valence electrons. The van der Waals surface area contributed by atoms with Crippen LogP contribution in [0.5, 0.6) is 11.5 Å². The zero-order valence-corrected chi connectivity index (χ0v) is 12.9. The van der Waals surface area contributed by atoms with Gasteiger partial charge in [-0.3, -0.25) is 0 Å². The molecular formula is C15H14Cl2N2O2. The molecule has 0 spiro atoms. The van der Waals surface area contributed by atoms with Crippen molar-refractivity contribution < 1.29 is 9.47 Å². The first-order chi connectivity index (χ1) is 10.2. The first kappa shape index (κ1) is 15.5. The summed E-state index contributed by atoms with van der Waals surface area (Å²) < 4.78 is 11.1. The number of methoxy groups -OCH3 is 1. The molecule has 2 N–H and O–H groups in total. The van der Waals surface area contributed by atoms with Crippen molar-refractivity contribution in [1.82, 2.24) is 0 Å². The second-order valence-corrected chi connectivity index (χ2v) is 5.02. The Balaban J connectivity index is 2.26. The van der Waals surface area contributed by atoms with E-state index in [2.05, 4.69) is 5.10 Å². The summed E-state index contributed by atoms with van der Waals surface area (Å²) in [5, 5.41) is 4.65. The Hall–Kier alpha value is -1.91. The van der Waals surface area contributed by atoms with Crippen molar-refractivity contribution >= 4 is 29.4 Å². The second kappa shape index (κ2) is 7.20. The predicted octanol–water partition coefficient (Wildman–Crippen LogP) is 3.87. The van der Waals surface area contributed by atoms with Crippen LogP contribution >= 0.6 is 23.2 Å². The smallest absolute Gasteiger partial charge is 0.170 e. The lowest BCUT2D eigenvalue weighted by Gasteiger charge is -2.13. The third-order valence-corrected chi connectivity index (χ3v) is 3.42. The van der Waals surface area contributed by atoms with Gasteiger partial charge in [-0.05, 0) is 24.3 Å². The number of para-hydroxylation sites is 1. The highest BCUT2D eigenvalue weighted by Gasteiger charge is 2.10. The maximum Gasteiger partial charge on any atom is 0.170 e. The molecule has 0 fully saturated rings. The lowest BCUT2D eigenvalue weighted by Crippen LogP contribution is -2.02. The summed E-state index contributed by atoms with van der Waals surface area (Å²) in [6, 6.07) is 10.7. The van der Waals surface area contributed by atoms with Crippen LogP contribution in [0, 0.1) is 0 Å². The van der Waals surface area contributed by atoms with E-state index in [9.17, 15) is 0 Å². The molecular weight excluding hydrogens is 311 g/mol. The number of ether oxygens (including phenoxy) is 2. The third-order valence-electron chi connectivity index (χ3n) is 2.83. The quantitative estimate of drug-likeness (QED) is 0.516. The van der Waals surface area contributed by atoms with E-state index in [1.54, 1.807) is 25.3 Å². The minimum Gasteiger partial charge on any atom is -0.493 e. The minimum absolute atomic E-state index is 0.280. The van der Waals surface area contributed by atoms with Crippen molar-refractivity contribution in [3.8, 4) is 11.5 Å². The number of rotatable bonds is 5. The summed E-state index contributed by atoms with van der Waals surface area (Å²) in [4.78, 5) is 0. The van der Waals surface area contributed by atoms with Gasteiger partial charge >= 0.3 is 0 Å². The van der Waals surface area contributed by atoms with Crippen molar-refractivity contribution in [2.45, 2.75) is 6.61 Å². The summed E-state index contributed by atoms with van der Waals surface area (Å²) >= 11 is 12.0. The highest BCUT2D eigenvalue weighted by atomic mass is 35.5. The highest BCUT2D eigenvalue weighted by Crippen LogP contribution is 2.31. The summed E-state index contributed by atoms with van der Waals surface area (Å²) in [6.07, 6.45) is 1.50. The number of nitrogens with two attached hydrogens (primary N) is 1. The maximum absolute atomic E-state index is 6.13. The van der Waals surface area contributed by atoms with E-state index in [4.69, 9.17) is 38.5 Å². The van der Waals surface area contributed by atoms with Gasteiger partial charge in [0.25, 0.3) is 0 Å². The van der Waals surface area contributed by atoms with Crippen LogP contribution in [0.3, 0.4) is 0 Å². The summed E-state index contributed by atoms with van der Waals surface area (Å²) in [5.41, 5.74) is 1.55. The van der Waals surface area contributed by atoms with Gasteiger partial charge in [0, 0.05) is 21.2 Å². The molecule has 0 aliphatic heterocycles. The van der Waals surface area contributed by atoms with Crippen LogP contribution in [0.25, 0.3) is 0 Å². The molecule has 0 unspecified atom stereocenters. The fourth-order valence-corrected chi connectivity index (χ4v) is 2.28. The molecule has 0 saturated carbocycles. The van der Waals surface area contributed by atoms with Gasteiger partial charge in [0.2, 0.25) is 0 Å². The number of hydrazone groups is 1. The first-order valence-corrected chi connectivity index (χ1v) is 6.88. The summed E-state index contributed by atoms with van der Waals surface area (Å²) in [7, 11) is 1.57. The van der Waals surface area contributed by atoms with E-state index in [0.717, 1.165) is 11.1 Å². The number of benzene rings is 2. The highest BCUT2D eigenvalue weighted by molar-refractivity contribution is 6.35. The van der Waals surface area contributed by atoms with Crippen LogP contribution in [0.2, 0.25) is 10.0 Å². The normalized spacial score (nSPS) is 10.8. The molecule has 0 aliphatic carbocycles. The molecule has 0 atom stereocenters. The van der Waals surface area contributed by atoms with Gasteiger partial charge in [-0.2, -0.15) is 5.10 Å². The largest absolute Gasteiger partial charge is 0.493 e. The van der Waals surface area contributed by atoms with Crippen LogP contribution in [0.15, 0.2) is 41.5 Å². The monoisotopic (exact) mass is 324 g/mol. The van der Waals surface area contributed by atoms with E-state index >= 15 is 0 Å². The molecule has 2 aromatic carbocycles. The molecule has 0 bridgehead atoms. The molecule has 0 heterocycles. The fraction of sp³-hybridized carbons (Fsp3) is 0.133. The fourth-order valence-electron chi connectivity index (χ4n) is 1.82. The van der Waals surface area contributed by atoms with E-state index in [1.807, 2.05) is 18.2 Å². The number of hydrogen-bond donors (Lipinski definition) is 1. The number of hydrogen-bond acceptors (Lipinski definition) is 4. The Kier molecular flexibility index (Phi) is 5.31. The van der Waals surface area contributed by atoms with Crippen LogP contribution in [-0.4, -0.2) is 13.3 Å². The average molecular weight is 325 g/mol. The van der Waals surface area contributed by atoms with Crippen molar-refractivity contribution in [3.05, 3.63) is 57.6 Å². The van der Waals surface area contributed by atoms with Gasteiger partial charge in [0.15, 0.2) is 11.5 Å². The second-order valence-electron chi connectivity index (χ2n) is 4.18. The zero-order valence-electron chi connectivity index (χ0n) is 11.3. The molecule has 0 aromatic heterocycles. The third kappa shape index (κ3) is 3.80. The molecule has 0 saturated heterocycles. The lowest BCUT2D eigenvalue weighted by atomic mass is 10.2. The SMILES string of the molecule is COc1cccc(C=NN)c1OCc1ccc(Cl)cc1Cl. The molecule has 21 heavy (non-hydrogen) atoms. The molecule has 0 amide bonds. The number of halogens is 2. The van der Waals surface area contributed by atoms with Crippen LogP contribution < -0.4 is 15.3 Å². The first-order valence-electron chi connectivity index (χ1n) is 6.12. The van der Waals surface area contributed by atoms with Crippen LogP contribution in [0.4, 0.5) is 0 Å². The van der Waals surface area contributed by atoms with Gasteiger partial charge in [-0.25, -0.2) is 0 Å². The van der Waals surface area contributed by atoms with Gasteiger partial charge in [0.1, 0.15) is 6.61 Å². The van der Waals surface area contributed by atoms with E-state index in [0.29, 0.717) is 21.5 Å². The van der Waals surface area contributed by atoms with Gasteiger partial charge in [-0.1, -0.05) is 35.3 Å². The van der Waals surface area contributed by atoms with Crippen LogP contribution in [-0.2, 0) is 6.61 Å². The molecule has 4 nitrogen and oxygen atoms in total. The Morgan fingerprint density at radius 3 is 2.71 bits per heavy atom. The predicted molar refractivity (Wildman–Crippen MR) is 85.6 cm³/mol. The molecule has 6 heteroatoms. The summed E-state index contributed by atoms with van der Waals surface area (Å²) in [6.45, 7) is 0.280. The zero-order chi connectivity index (χ0) is 15.2. The van der Waals surface area contributed by atoms with Crippen molar-refractivity contribution in [1.29, 1.82) is 0 Å². The average Bonchev–Trinajstić information content (AvgIpc) is 2.47. The lowest BCUT2D eigenvalue weighted by molar-refractivity contribution is 0.284. The Labute approximate surface area is 133 Å². The van der Waals surface area contributed by atoms with Gasteiger partial charge in [0.05, 0.1) is 13.3 Å². The Morgan fingerprint density at radius 1 is 1.24 bits per heavy atom. The van der Waals surface area contributed by atoms with Gasteiger partial charge < -0.3 is 15.3 Å². The van der Waals surface area contributed by atoms with Crippen molar-refractivity contribution in [3.63, 3.8) is 0 Å². The Bertz CT molecular complexity index is 660. The van der Waals surface area contributed by atoms with E-state index in [-0.39, 0.29) is 6.61 Å². The standard InChI is InChI=1S/C15H14Cl2N2O2/c1-20-14-4-2-3-10(8-19-18)15(14)21-9-11-5-6-12(16)7-13(11)17/h2-8H,9,18H2,1H3. The molecule has 2 aromatic rings. The van der Waals surface area contributed by atoms with E-state index in [1.165, 1.54) is 6.21 Å². The van der Waals surface area contributed by atoms with E-state index < -0.39 is 0 Å². The number of nitrogens with zero attached hydrogens (tertiary/aromatic N) is 1.